The predicted molar refractivity (Wildman–Crippen MR) is 123 cm³/mol. The normalized spacial score (nSPS) is 11.4. The molecule has 0 aliphatic rings. The molecule has 11 heteroatoms. The summed E-state index contributed by atoms with van der Waals surface area (Å²) in [5.74, 6) is 0.846. The zero-order valence-electron chi connectivity index (χ0n) is 16.5. The summed E-state index contributed by atoms with van der Waals surface area (Å²) in [7, 11) is 0. The van der Waals surface area contributed by atoms with E-state index in [1.54, 1.807) is 24.3 Å². The zero-order valence-corrected chi connectivity index (χ0v) is 17.3. The lowest BCUT2D eigenvalue weighted by atomic mass is 10.2. The van der Waals surface area contributed by atoms with Crippen LogP contribution in [0.15, 0.2) is 83.0 Å². The lowest BCUT2D eigenvalue weighted by Gasteiger charge is -2.06. The van der Waals surface area contributed by atoms with Crippen LogP contribution in [0.4, 0.5) is 11.4 Å². The minimum absolute atomic E-state index is 0.116. The maximum Gasteiger partial charge on any atom is 0.318 e. The summed E-state index contributed by atoms with van der Waals surface area (Å²) in [6.45, 7) is 0. The van der Waals surface area contributed by atoms with E-state index in [0.717, 1.165) is 17.7 Å². The number of thioether (sulfide) groups is 1. The quantitative estimate of drug-likeness (QED) is 0.222. The van der Waals surface area contributed by atoms with E-state index in [9.17, 15) is 20.2 Å². The Kier molecular flexibility index (Phi) is 7.49. The van der Waals surface area contributed by atoms with Crippen LogP contribution < -0.4 is 10.5 Å². The Morgan fingerprint density at radius 1 is 1.00 bits per heavy atom. The molecule has 0 fully saturated rings. The third-order valence-electron chi connectivity index (χ3n) is 4.03. The van der Waals surface area contributed by atoms with Gasteiger partial charge in [-0.05, 0) is 29.3 Å². The highest BCUT2D eigenvalue weighted by molar-refractivity contribution is 8.13. The number of nitrogens with zero attached hydrogens (tertiary/aromatic N) is 4. The molecular weight excluding hydrogens is 434 g/mol. The zero-order chi connectivity index (χ0) is 22.9. The molecule has 3 aromatic rings. The topological polar surface area (TPSA) is 146 Å². The van der Waals surface area contributed by atoms with Crippen molar-refractivity contribution in [2.75, 3.05) is 0 Å². The summed E-state index contributed by atoms with van der Waals surface area (Å²) in [5.41, 5.74) is 6.69. The summed E-state index contributed by atoms with van der Waals surface area (Å²) in [6, 6.07) is 19.6. The second-order valence-electron chi connectivity index (χ2n) is 6.30. The summed E-state index contributed by atoms with van der Waals surface area (Å²) in [4.78, 5) is 20.7. The number of nitro groups is 2. The van der Waals surface area contributed by atoms with Gasteiger partial charge >= 0.3 is 5.69 Å². The first-order chi connectivity index (χ1) is 15.4. The Labute approximate surface area is 186 Å². The average Bonchev–Trinajstić information content (AvgIpc) is 2.78. The molecule has 0 spiro atoms. The third-order valence-corrected chi connectivity index (χ3v) is 4.88. The van der Waals surface area contributed by atoms with Gasteiger partial charge in [-0.3, -0.25) is 20.2 Å². The van der Waals surface area contributed by atoms with Gasteiger partial charge in [-0.15, -0.1) is 5.10 Å². The van der Waals surface area contributed by atoms with E-state index < -0.39 is 21.2 Å². The van der Waals surface area contributed by atoms with E-state index in [4.69, 9.17) is 10.5 Å². The molecule has 3 aromatic carbocycles. The molecular formula is C21H17N5O5S. The van der Waals surface area contributed by atoms with E-state index in [2.05, 4.69) is 10.2 Å². The number of nitro benzene ring substituents is 2. The van der Waals surface area contributed by atoms with Crippen molar-refractivity contribution in [1.82, 2.24) is 0 Å². The van der Waals surface area contributed by atoms with Gasteiger partial charge in [-0.2, -0.15) is 5.10 Å². The van der Waals surface area contributed by atoms with E-state index in [1.807, 2.05) is 30.3 Å². The first-order valence-electron chi connectivity index (χ1n) is 9.16. The van der Waals surface area contributed by atoms with Crippen molar-refractivity contribution in [3.8, 4) is 11.5 Å². The second-order valence-corrected chi connectivity index (χ2v) is 7.29. The van der Waals surface area contributed by atoms with Gasteiger partial charge < -0.3 is 10.5 Å². The van der Waals surface area contributed by atoms with Gasteiger partial charge in [0.2, 0.25) is 5.75 Å². The van der Waals surface area contributed by atoms with Gasteiger partial charge in [0, 0.05) is 11.8 Å². The van der Waals surface area contributed by atoms with Crippen molar-refractivity contribution in [3.63, 3.8) is 0 Å². The maximum absolute atomic E-state index is 11.3. The number of nitrogens with two attached hydrogens (primary N) is 1. The van der Waals surface area contributed by atoms with Gasteiger partial charge in [0.25, 0.3) is 5.69 Å². The molecule has 162 valence electrons. The Hall–Kier alpha value is -4.25. The SMILES string of the molecule is NC(=NN=Cc1cccc(Oc2ccc([N+](=O)[O-])cc2[N+](=O)[O-])c1)SCc1ccccc1. The van der Waals surface area contributed by atoms with Crippen molar-refractivity contribution in [2.24, 2.45) is 15.9 Å². The summed E-state index contributed by atoms with van der Waals surface area (Å²) in [6.07, 6.45) is 1.47. The van der Waals surface area contributed by atoms with Crippen LogP contribution in [0.25, 0.3) is 0 Å². The van der Waals surface area contributed by atoms with Crippen LogP contribution in [0, 0.1) is 20.2 Å². The Morgan fingerprint density at radius 2 is 1.78 bits per heavy atom. The highest BCUT2D eigenvalue weighted by Gasteiger charge is 2.21. The van der Waals surface area contributed by atoms with E-state index in [-0.39, 0.29) is 5.75 Å². The van der Waals surface area contributed by atoms with Gasteiger partial charge in [0.15, 0.2) is 5.17 Å². The lowest BCUT2D eigenvalue weighted by molar-refractivity contribution is -0.394. The fraction of sp³-hybridized carbons (Fsp3) is 0.0476. The minimum atomic E-state index is -0.738. The molecule has 0 aliphatic heterocycles. The first-order valence-corrected chi connectivity index (χ1v) is 10.1. The number of hydrogen-bond acceptors (Lipinski definition) is 8. The van der Waals surface area contributed by atoms with Gasteiger partial charge in [-0.1, -0.05) is 54.2 Å². The van der Waals surface area contributed by atoms with Crippen LogP contribution in [0.1, 0.15) is 11.1 Å². The Morgan fingerprint density at radius 3 is 2.50 bits per heavy atom. The second kappa shape index (κ2) is 10.7. The molecule has 0 aliphatic carbocycles. The number of hydrogen-bond donors (Lipinski definition) is 1. The van der Waals surface area contributed by atoms with Gasteiger partial charge in [0.05, 0.1) is 22.1 Å². The maximum atomic E-state index is 11.3. The fourth-order valence-corrected chi connectivity index (χ4v) is 3.16. The predicted octanol–water partition coefficient (Wildman–Crippen LogP) is 4.88. The van der Waals surface area contributed by atoms with Crippen molar-refractivity contribution in [2.45, 2.75) is 5.75 Å². The molecule has 0 atom stereocenters. The van der Waals surface area contributed by atoms with Crippen LogP contribution >= 0.6 is 11.8 Å². The van der Waals surface area contributed by atoms with Crippen LogP contribution in [0.2, 0.25) is 0 Å². The Balaban J connectivity index is 1.68. The van der Waals surface area contributed by atoms with E-state index in [1.165, 1.54) is 24.0 Å². The molecule has 0 bridgehead atoms. The number of rotatable bonds is 8. The molecule has 10 nitrogen and oxygen atoms in total. The smallest absolute Gasteiger partial charge is 0.318 e. The molecule has 32 heavy (non-hydrogen) atoms. The van der Waals surface area contributed by atoms with Crippen molar-refractivity contribution >= 4 is 34.5 Å². The molecule has 2 N–H and O–H groups in total. The van der Waals surface area contributed by atoms with Crippen molar-refractivity contribution in [3.05, 3.63) is 104 Å². The van der Waals surface area contributed by atoms with Crippen LogP contribution in [0.5, 0.6) is 11.5 Å². The lowest BCUT2D eigenvalue weighted by Crippen LogP contribution is -2.05. The first kappa shape index (κ1) is 22.4. The molecule has 3 rings (SSSR count). The van der Waals surface area contributed by atoms with Crippen LogP contribution in [0.3, 0.4) is 0 Å². The van der Waals surface area contributed by atoms with Gasteiger partial charge in [-0.25, -0.2) is 0 Å². The molecule has 0 saturated heterocycles. The summed E-state index contributed by atoms with van der Waals surface area (Å²) < 4.78 is 5.57. The van der Waals surface area contributed by atoms with Crippen LogP contribution in [-0.4, -0.2) is 21.2 Å². The molecule has 0 heterocycles. The summed E-state index contributed by atoms with van der Waals surface area (Å²) in [5, 5.41) is 30.3. The average molecular weight is 451 g/mol. The number of benzene rings is 3. The molecule has 0 radical (unpaired) electrons. The Bertz CT molecular complexity index is 1180. The van der Waals surface area contributed by atoms with Crippen molar-refractivity contribution in [1.29, 1.82) is 0 Å². The monoisotopic (exact) mass is 451 g/mol. The molecule has 0 amide bonds. The van der Waals surface area contributed by atoms with Gasteiger partial charge in [0.1, 0.15) is 5.75 Å². The molecule has 0 unspecified atom stereocenters. The third kappa shape index (κ3) is 6.37. The molecule has 0 aromatic heterocycles. The van der Waals surface area contributed by atoms with E-state index >= 15 is 0 Å². The largest absolute Gasteiger partial charge is 0.450 e. The van der Waals surface area contributed by atoms with Crippen molar-refractivity contribution < 1.29 is 14.6 Å². The highest BCUT2D eigenvalue weighted by atomic mass is 32.2. The standard InChI is InChI=1S/C21H17N5O5S/c22-21(32-14-15-5-2-1-3-6-15)24-23-13-16-7-4-8-18(11-16)31-20-10-9-17(25(27)28)12-19(20)26(29)30/h1-13H,14H2,(H2,22,24). The van der Waals surface area contributed by atoms with E-state index in [0.29, 0.717) is 22.2 Å². The fourth-order valence-electron chi connectivity index (χ4n) is 2.55. The number of non-ortho nitro benzene ring substituents is 1. The van der Waals surface area contributed by atoms with Crippen LogP contribution in [-0.2, 0) is 5.75 Å². The minimum Gasteiger partial charge on any atom is -0.450 e. The highest BCUT2D eigenvalue weighted by Crippen LogP contribution is 2.34. The number of amidine groups is 1. The number of ether oxygens (including phenoxy) is 1. The molecule has 0 saturated carbocycles. The summed E-state index contributed by atoms with van der Waals surface area (Å²) >= 11 is 1.35.